The second-order valence-electron chi connectivity index (χ2n) is 4.01. The highest BCUT2D eigenvalue weighted by Crippen LogP contribution is 2.33. The fraction of sp³-hybridized carbons (Fsp3) is 0.154. The van der Waals surface area contributed by atoms with Gasteiger partial charge in [-0.1, -0.05) is 35.3 Å². The second kappa shape index (κ2) is 5.04. The molecule has 1 heterocycles. The number of nitrogen functional groups attached to an aromatic ring is 1. The molecule has 0 amide bonds. The lowest BCUT2D eigenvalue weighted by molar-refractivity contribution is 0.460. The topological polar surface area (TPSA) is 48.1 Å². The minimum atomic E-state index is 0.196. The molecule has 0 aliphatic rings. The van der Waals surface area contributed by atoms with Crippen LogP contribution in [0.3, 0.4) is 0 Å². The van der Waals surface area contributed by atoms with E-state index in [0.29, 0.717) is 15.8 Å². The van der Waals surface area contributed by atoms with E-state index in [1.165, 1.54) is 6.07 Å². The number of anilines is 1. The molecule has 0 saturated heterocycles. The summed E-state index contributed by atoms with van der Waals surface area (Å²) in [4.78, 5) is 4.03. The van der Waals surface area contributed by atoms with Gasteiger partial charge in [-0.25, -0.2) is 0 Å². The predicted octanol–water partition coefficient (Wildman–Crippen LogP) is 4.38. The maximum atomic E-state index is 6.02. The monoisotopic (exact) mass is 282 g/mol. The summed E-state index contributed by atoms with van der Waals surface area (Å²) in [7, 11) is 0. The number of pyridine rings is 1. The Balaban J connectivity index is 2.40. The van der Waals surface area contributed by atoms with E-state index in [1.807, 2.05) is 32.0 Å². The van der Waals surface area contributed by atoms with Gasteiger partial charge < -0.3 is 10.5 Å². The zero-order valence-corrected chi connectivity index (χ0v) is 11.5. The molecule has 5 heteroatoms. The zero-order chi connectivity index (χ0) is 13.3. The first-order valence-corrected chi connectivity index (χ1v) is 6.09. The Labute approximate surface area is 115 Å². The Morgan fingerprint density at radius 1 is 1.11 bits per heavy atom. The number of aromatic nitrogens is 1. The minimum absolute atomic E-state index is 0.196. The van der Waals surface area contributed by atoms with Crippen molar-refractivity contribution in [3.8, 4) is 11.6 Å². The van der Waals surface area contributed by atoms with E-state index >= 15 is 0 Å². The zero-order valence-electron chi connectivity index (χ0n) is 10.00. The summed E-state index contributed by atoms with van der Waals surface area (Å²) < 4.78 is 5.67. The van der Waals surface area contributed by atoms with Gasteiger partial charge in [-0.15, -0.1) is 0 Å². The lowest BCUT2D eigenvalue weighted by Gasteiger charge is -2.11. The molecule has 0 bridgehead atoms. The van der Waals surface area contributed by atoms with Crippen LogP contribution in [0, 0.1) is 13.8 Å². The molecule has 18 heavy (non-hydrogen) atoms. The lowest BCUT2D eigenvalue weighted by Crippen LogP contribution is -1.97. The highest BCUT2D eigenvalue weighted by atomic mass is 35.5. The normalized spacial score (nSPS) is 10.4. The second-order valence-corrected chi connectivity index (χ2v) is 4.83. The van der Waals surface area contributed by atoms with E-state index in [2.05, 4.69) is 4.98 Å². The fourth-order valence-corrected chi connectivity index (χ4v) is 1.85. The number of aryl methyl sites for hydroxylation is 2. The number of halogens is 2. The Morgan fingerprint density at radius 2 is 1.83 bits per heavy atom. The first-order chi connectivity index (χ1) is 8.47. The van der Waals surface area contributed by atoms with Crippen molar-refractivity contribution in [2.45, 2.75) is 13.8 Å². The van der Waals surface area contributed by atoms with Crippen LogP contribution in [0.5, 0.6) is 11.6 Å². The lowest BCUT2D eigenvalue weighted by atomic mass is 10.1. The van der Waals surface area contributed by atoms with Crippen molar-refractivity contribution in [2.75, 3.05) is 5.73 Å². The van der Waals surface area contributed by atoms with Crippen LogP contribution < -0.4 is 10.5 Å². The van der Waals surface area contributed by atoms with E-state index in [0.717, 1.165) is 11.1 Å². The summed E-state index contributed by atoms with van der Waals surface area (Å²) in [5.41, 5.74) is 7.71. The van der Waals surface area contributed by atoms with Crippen molar-refractivity contribution in [1.82, 2.24) is 4.98 Å². The van der Waals surface area contributed by atoms with Gasteiger partial charge in [-0.3, -0.25) is 0 Å². The standard InChI is InChI=1S/C13H12Cl2N2O/c1-7-3-4-8(2)11(5-7)18-13-10(15)6-9(14)12(16)17-13/h3-6H,1-2H3,(H2,16,17). The van der Waals surface area contributed by atoms with Crippen LogP contribution in [0.25, 0.3) is 0 Å². The summed E-state index contributed by atoms with van der Waals surface area (Å²) in [6.07, 6.45) is 0. The van der Waals surface area contributed by atoms with Gasteiger partial charge in [0.2, 0.25) is 5.88 Å². The molecular weight excluding hydrogens is 271 g/mol. The number of nitrogens with zero attached hydrogens (tertiary/aromatic N) is 1. The summed E-state index contributed by atoms with van der Waals surface area (Å²) in [6.45, 7) is 3.93. The molecular formula is C13H12Cl2N2O. The van der Waals surface area contributed by atoms with Crippen molar-refractivity contribution >= 4 is 29.0 Å². The molecule has 3 nitrogen and oxygen atoms in total. The molecule has 0 saturated carbocycles. The smallest absolute Gasteiger partial charge is 0.240 e. The predicted molar refractivity (Wildman–Crippen MR) is 74.7 cm³/mol. The van der Waals surface area contributed by atoms with Crippen LogP contribution in [0.4, 0.5) is 5.82 Å². The van der Waals surface area contributed by atoms with Gasteiger partial charge in [-0.05, 0) is 37.1 Å². The number of ether oxygens (including phenoxy) is 1. The molecule has 2 N–H and O–H groups in total. The third-order valence-corrected chi connectivity index (χ3v) is 3.05. The van der Waals surface area contributed by atoms with Gasteiger partial charge in [-0.2, -0.15) is 4.98 Å². The average Bonchev–Trinajstić information content (AvgIpc) is 2.30. The Bertz CT molecular complexity index is 600. The molecule has 94 valence electrons. The summed E-state index contributed by atoms with van der Waals surface area (Å²) in [5, 5.41) is 0.642. The Hall–Kier alpha value is -1.45. The number of hydrogen-bond donors (Lipinski definition) is 1. The van der Waals surface area contributed by atoms with E-state index in [1.54, 1.807) is 0 Å². The van der Waals surface area contributed by atoms with Crippen LogP contribution >= 0.6 is 23.2 Å². The summed E-state index contributed by atoms with van der Waals surface area (Å²) in [6, 6.07) is 7.41. The maximum Gasteiger partial charge on any atom is 0.240 e. The molecule has 2 aromatic rings. The Morgan fingerprint density at radius 3 is 2.56 bits per heavy atom. The van der Waals surface area contributed by atoms with Crippen molar-refractivity contribution in [1.29, 1.82) is 0 Å². The third-order valence-electron chi connectivity index (χ3n) is 2.47. The first-order valence-electron chi connectivity index (χ1n) is 5.34. The minimum Gasteiger partial charge on any atom is -0.437 e. The first kappa shape index (κ1) is 13.0. The van der Waals surface area contributed by atoms with Gasteiger partial charge >= 0.3 is 0 Å². The van der Waals surface area contributed by atoms with Gasteiger partial charge in [0.05, 0.1) is 5.02 Å². The highest BCUT2D eigenvalue weighted by Gasteiger charge is 2.10. The van der Waals surface area contributed by atoms with E-state index in [9.17, 15) is 0 Å². The van der Waals surface area contributed by atoms with Crippen LogP contribution in [-0.4, -0.2) is 4.98 Å². The van der Waals surface area contributed by atoms with Crippen molar-refractivity contribution in [2.24, 2.45) is 0 Å². The molecule has 0 aliphatic carbocycles. The van der Waals surface area contributed by atoms with E-state index < -0.39 is 0 Å². The van der Waals surface area contributed by atoms with Crippen molar-refractivity contribution in [3.05, 3.63) is 45.4 Å². The SMILES string of the molecule is Cc1ccc(C)c(Oc2nc(N)c(Cl)cc2Cl)c1. The van der Waals surface area contributed by atoms with E-state index in [-0.39, 0.29) is 11.7 Å². The molecule has 1 aromatic heterocycles. The molecule has 0 spiro atoms. The molecule has 0 aliphatic heterocycles. The third kappa shape index (κ3) is 2.68. The summed E-state index contributed by atoms with van der Waals surface area (Å²) >= 11 is 11.8. The van der Waals surface area contributed by atoms with Crippen LogP contribution in [0.2, 0.25) is 10.0 Å². The van der Waals surface area contributed by atoms with Crippen molar-refractivity contribution in [3.63, 3.8) is 0 Å². The Kier molecular flexibility index (Phi) is 3.64. The maximum absolute atomic E-state index is 6.02. The average molecular weight is 283 g/mol. The molecule has 1 aromatic carbocycles. The molecule has 0 fully saturated rings. The highest BCUT2D eigenvalue weighted by molar-refractivity contribution is 6.36. The van der Waals surface area contributed by atoms with Crippen molar-refractivity contribution < 1.29 is 4.74 Å². The van der Waals surface area contributed by atoms with Crippen LogP contribution in [-0.2, 0) is 0 Å². The quantitative estimate of drug-likeness (QED) is 0.889. The van der Waals surface area contributed by atoms with Gasteiger partial charge in [0.25, 0.3) is 0 Å². The van der Waals surface area contributed by atoms with E-state index in [4.69, 9.17) is 33.7 Å². The van der Waals surface area contributed by atoms with Gasteiger partial charge in [0, 0.05) is 0 Å². The van der Waals surface area contributed by atoms with Crippen LogP contribution in [0.1, 0.15) is 11.1 Å². The van der Waals surface area contributed by atoms with Crippen LogP contribution in [0.15, 0.2) is 24.3 Å². The molecule has 2 rings (SSSR count). The fourth-order valence-electron chi connectivity index (χ4n) is 1.46. The molecule has 0 unspecified atom stereocenters. The van der Waals surface area contributed by atoms with Gasteiger partial charge in [0.15, 0.2) is 0 Å². The largest absolute Gasteiger partial charge is 0.437 e. The van der Waals surface area contributed by atoms with Gasteiger partial charge in [0.1, 0.15) is 16.6 Å². The molecule has 0 atom stereocenters. The number of benzene rings is 1. The number of hydrogen-bond acceptors (Lipinski definition) is 3. The summed E-state index contributed by atoms with van der Waals surface area (Å²) in [5.74, 6) is 1.15. The number of rotatable bonds is 2. The molecule has 0 radical (unpaired) electrons. The number of nitrogens with two attached hydrogens (primary N) is 1.